The second-order valence-corrected chi connectivity index (χ2v) is 9.25. The molecular weight excluding hydrogens is 470 g/mol. The smallest absolute Gasteiger partial charge is 0.290 e. The van der Waals surface area contributed by atoms with Crippen LogP contribution in [0, 0.1) is 13.8 Å². The molecule has 2 heterocycles. The molecule has 1 atom stereocenters. The van der Waals surface area contributed by atoms with Crippen molar-refractivity contribution in [3.63, 3.8) is 0 Å². The van der Waals surface area contributed by atoms with E-state index < -0.39 is 6.04 Å². The van der Waals surface area contributed by atoms with Gasteiger partial charge in [-0.1, -0.05) is 24.3 Å². The zero-order valence-corrected chi connectivity index (χ0v) is 21.6. The molecule has 0 spiro atoms. The van der Waals surface area contributed by atoms with Gasteiger partial charge in [0.25, 0.3) is 5.91 Å². The molecule has 7 heteroatoms. The summed E-state index contributed by atoms with van der Waals surface area (Å²) >= 11 is 0. The van der Waals surface area contributed by atoms with Crippen molar-refractivity contribution in [3.05, 3.63) is 98.4 Å². The van der Waals surface area contributed by atoms with Crippen molar-refractivity contribution in [3.8, 4) is 17.2 Å². The van der Waals surface area contributed by atoms with E-state index in [1.165, 1.54) is 0 Å². The van der Waals surface area contributed by atoms with Crippen molar-refractivity contribution in [2.45, 2.75) is 26.3 Å². The Morgan fingerprint density at radius 1 is 0.892 bits per heavy atom. The Morgan fingerprint density at radius 3 is 2.41 bits per heavy atom. The van der Waals surface area contributed by atoms with Crippen molar-refractivity contribution in [2.75, 3.05) is 27.9 Å². The van der Waals surface area contributed by atoms with E-state index in [1.54, 1.807) is 26.2 Å². The fourth-order valence-corrected chi connectivity index (χ4v) is 5.19. The molecule has 0 saturated heterocycles. The van der Waals surface area contributed by atoms with Gasteiger partial charge >= 0.3 is 0 Å². The molecule has 1 aliphatic heterocycles. The highest BCUT2D eigenvalue weighted by atomic mass is 16.5. The molecule has 0 bridgehead atoms. The fourth-order valence-electron chi connectivity index (χ4n) is 5.19. The van der Waals surface area contributed by atoms with Crippen LogP contribution < -0.4 is 19.6 Å². The Bertz CT molecular complexity index is 1570. The minimum atomic E-state index is -0.598. The number of rotatable bonds is 7. The largest absolute Gasteiger partial charge is 0.497 e. The molecule has 1 amide bonds. The molecule has 0 radical (unpaired) electrons. The number of hydrogen-bond donors (Lipinski definition) is 0. The van der Waals surface area contributed by atoms with E-state index in [2.05, 4.69) is 0 Å². The molecule has 7 nitrogen and oxygen atoms in total. The molecule has 0 N–H and O–H groups in total. The average molecular weight is 500 g/mol. The number of carbonyl (C=O) groups excluding carboxylic acids is 1. The van der Waals surface area contributed by atoms with Crippen LogP contribution in [0.5, 0.6) is 17.2 Å². The minimum Gasteiger partial charge on any atom is -0.497 e. The van der Waals surface area contributed by atoms with Gasteiger partial charge < -0.3 is 23.5 Å². The summed E-state index contributed by atoms with van der Waals surface area (Å²) in [4.78, 5) is 29.4. The van der Waals surface area contributed by atoms with E-state index in [-0.39, 0.29) is 17.1 Å². The topological polar surface area (TPSA) is 78.2 Å². The van der Waals surface area contributed by atoms with Gasteiger partial charge in [0.05, 0.1) is 38.3 Å². The second-order valence-electron chi connectivity index (χ2n) is 9.25. The minimum absolute atomic E-state index is 0.0997. The van der Waals surface area contributed by atoms with Gasteiger partial charge in [-0.2, -0.15) is 0 Å². The quantitative estimate of drug-likeness (QED) is 0.347. The summed E-state index contributed by atoms with van der Waals surface area (Å²) in [5.41, 5.74) is 4.17. The third kappa shape index (κ3) is 4.20. The van der Waals surface area contributed by atoms with Crippen LogP contribution in [0.2, 0.25) is 0 Å². The second kappa shape index (κ2) is 9.65. The van der Waals surface area contributed by atoms with Crippen LogP contribution in [0.25, 0.3) is 11.0 Å². The summed E-state index contributed by atoms with van der Waals surface area (Å²) in [5.74, 6) is 1.70. The van der Waals surface area contributed by atoms with Crippen LogP contribution in [0.1, 0.15) is 44.4 Å². The van der Waals surface area contributed by atoms with Gasteiger partial charge in [-0.15, -0.1) is 0 Å². The summed E-state index contributed by atoms with van der Waals surface area (Å²) in [6, 6.07) is 16.3. The first kappa shape index (κ1) is 24.4. The van der Waals surface area contributed by atoms with Crippen molar-refractivity contribution in [2.24, 2.45) is 0 Å². The zero-order valence-electron chi connectivity index (χ0n) is 21.6. The Morgan fingerprint density at radius 2 is 1.68 bits per heavy atom. The van der Waals surface area contributed by atoms with Crippen molar-refractivity contribution < 1.29 is 23.4 Å². The highest BCUT2D eigenvalue weighted by Gasteiger charge is 2.42. The lowest BCUT2D eigenvalue weighted by atomic mass is 9.96. The Kier molecular flexibility index (Phi) is 6.38. The van der Waals surface area contributed by atoms with E-state index in [9.17, 15) is 9.59 Å². The molecule has 3 aromatic carbocycles. The van der Waals surface area contributed by atoms with Gasteiger partial charge in [0, 0.05) is 6.54 Å². The molecule has 0 unspecified atom stereocenters. The molecule has 0 saturated carbocycles. The molecule has 0 aliphatic carbocycles. The van der Waals surface area contributed by atoms with E-state index in [0.717, 1.165) is 22.3 Å². The summed E-state index contributed by atoms with van der Waals surface area (Å²) in [5, 5.41) is 0.506. The van der Waals surface area contributed by atoms with Crippen LogP contribution in [-0.4, -0.2) is 38.7 Å². The Hall–Kier alpha value is -4.26. The normalized spacial score (nSPS) is 14.7. The van der Waals surface area contributed by atoms with Gasteiger partial charge in [-0.3, -0.25) is 9.59 Å². The summed E-state index contributed by atoms with van der Waals surface area (Å²) < 4.78 is 22.4. The zero-order chi connectivity index (χ0) is 26.3. The predicted molar refractivity (Wildman–Crippen MR) is 141 cm³/mol. The van der Waals surface area contributed by atoms with Crippen LogP contribution in [0.3, 0.4) is 0 Å². The molecule has 1 aliphatic rings. The number of aryl methyl sites for hydroxylation is 2. The van der Waals surface area contributed by atoms with E-state index in [0.29, 0.717) is 46.7 Å². The number of methoxy groups -OCH3 is 3. The number of amides is 1. The van der Waals surface area contributed by atoms with Gasteiger partial charge in [-0.05, 0) is 72.9 Å². The summed E-state index contributed by atoms with van der Waals surface area (Å²) in [7, 11) is 4.77. The first-order valence-electron chi connectivity index (χ1n) is 12.1. The highest BCUT2D eigenvalue weighted by molar-refractivity contribution is 5.99. The molecule has 1 aromatic heterocycles. The number of fused-ring (bicyclic) bond motifs is 2. The lowest BCUT2D eigenvalue weighted by Gasteiger charge is -2.25. The van der Waals surface area contributed by atoms with Gasteiger partial charge in [-0.25, -0.2) is 0 Å². The number of carbonyl (C=O) groups is 1. The molecule has 4 aromatic rings. The summed E-state index contributed by atoms with van der Waals surface area (Å²) in [6.45, 7) is 4.20. The maximum atomic E-state index is 13.9. The molecule has 0 fully saturated rings. The average Bonchev–Trinajstić information content (AvgIpc) is 3.18. The van der Waals surface area contributed by atoms with E-state index in [1.807, 2.05) is 68.4 Å². The highest BCUT2D eigenvalue weighted by Crippen LogP contribution is 2.40. The van der Waals surface area contributed by atoms with Crippen molar-refractivity contribution in [1.29, 1.82) is 0 Å². The third-order valence-electron chi connectivity index (χ3n) is 6.91. The SMILES string of the molecule is COc1cccc([C@@H]2c3c(oc4cc(C)cc(C)c4c3=O)C(=O)N2CCc2ccc(OC)c(OC)c2)c1. The van der Waals surface area contributed by atoms with Gasteiger partial charge in [0.1, 0.15) is 11.3 Å². The Labute approximate surface area is 215 Å². The standard InChI is InChI=1S/C30H29NO6/c1-17-13-18(2)25-24(14-17)37-29-26(28(25)32)27(20-7-6-8-21(16-20)34-3)31(30(29)33)12-11-19-9-10-22(35-4)23(15-19)36-5/h6-10,13-16,27H,11-12H2,1-5H3/t27-/m1/s1. The lowest BCUT2D eigenvalue weighted by molar-refractivity contribution is 0.0730. The van der Waals surface area contributed by atoms with Crippen molar-refractivity contribution >= 4 is 16.9 Å². The molecule has 5 rings (SSSR count). The van der Waals surface area contributed by atoms with Crippen LogP contribution in [0.15, 0.2) is 63.8 Å². The van der Waals surface area contributed by atoms with Gasteiger partial charge in [0.2, 0.25) is 5.76 Å². The number of nitrogens with zero attached hydrogens (tertiary/aromatic N) is 1. The maximum Gasteiger partial charge on any atom is 0.290 e. The Balaban J connectivity index is 1.62. The van der Waals surface area contributed by atoms with Gasteiger partial charge in [0.15, 0.2) is 16.9 Å². The number of hydrogen-bond acceptors (Lipinski definition) is 6. The van der Waals surface area contributed by atoms with Crippen molar-refractivity contribution in [1.82, 2.24) is 4.90 Å². The van der Waals surface area contributed by atoms with Crippen LogP contribution >= 0.6 is 0 Å². The maximum absolute atomic E-state index is 13.9. The monoisotopic (exact) mass is 499 g/mol. The third-order valence-corrected chi connectivity index (χ3v) is 6.91. The molecular formula is C30H29NO6. The molecule has 190 valence electrons. The van der Waals surface area contributed by atoms with E-state index in [4.69, 9.17) is 18.6 Å². The van der Waals surface area contributed by atoms with Crippen LogP contribution in [0.4, 0.5) is 0 Å². The lowest BCUT2D eigenvalue weighted by Crippen LogP contribution is -2.31. The summed E-state index contributed by atoms with van der Waals surface area (Å²) in [6.07, 6.45) is 0.548. The number of benzene rings is 3. The fraction of sp³-hybridized carbons (Fsp3) is 0.267. The van der Waals surface area contributed by atoms with E-state index >= 15 is 0 Å². The molecule has 37 heavy (non-hydrogen) atoms. The number of ether oxygens (including phenoxy) is 3. The predicted octanol–water partition coefficient (Wildman–Crippen LogP) is 5.22. The first-order valence-corrected chi connectivity index (χ1v) is 12.1. The van der Waals surface area contributed by atoms with Crippen LogP contribution in [-0.2, 0) is 6.42 Å². The first-order chi connectivity index (χ1) is 17.9.